The molecule has 0 amide bonds. The van der Waals surface area contributed by atoms with Crippen molar-refractivity contribution in [1.29, 1.82) is 0 Å². The van der Waals surface area contributed by atoms with E-state index in [4.69, 9.17) is 4.42 Å². The van der Waals surface area contributed by atoms with Crippen molar-refractivity contribution in [2.24, 2.45) is 0 Å². The molecule has 1 unspecified atom stereocenters. The van der Waals surface area contributed by atoms with E-state index in [1.54, 1.807) is 18.4 Å². The highest BCUT2D eigenvalue weighted by atomic mass is 19.1. The molecule has 1 aliphatic carbocycles. The Kier molecular flexibility index (Phi) is 4.11. The summed E-state index contributed by atoms with van der Waals surface area (Å²) < 4.78 is 18.8. The predicted octanol–water partition coefficient (Wildman–Crippen LogP) is 3.40. The first-order valence-electron chi connectivity index (χ1n) is 8.35. The van der Waals surface area contributed by atoms with Crippen LogP contribution in [0.3, 0.4) is 0 Å². The van der Waals surface area contributed by atoms with Crippen LogP contribution in [0.25, 0.3) is 11.5 Å². The second kappa shape index (κ2) is 6.43. The third kappa shape index (κ3) is 2.97. The number of rotatable bonds is 5. The molecule has 0 radical (unpaired) electrons. The quantitative estimate of drug-likeness (QED) is 0.748. The van der Waals surface area contributed by atoms with Gasteiger partial charge in [-0.2, -0.15) is 0 Å². The van der Waals surface area contributed by atoms with Crippen molar-refractivity contribution in [2.45, 2.75) is 24.9 Å². The second-order valence-electron chi connectivity index (χ2n) is 6.41. The zero-order valence-electron chi connectivity index (χ0n) is 13.7. The largest absolute Gasteiger partial charge is 0.444 e. The van der Waals surface area contributed by atoms with Crippen molar-refractivity contribution in [3.05, 3.63) is 77.4 Å². The minimum absolute atomic E-state index is 0.0264. The Bertz CT molecular complexity index is 893. The normalized spacial score (nSPS) is 19.1. The average Bonchev–Trinajstić information content (AvgIpc) is 3.26. The second-order valence-corrected chi connectivity index (χ2v) is 6.41. The van der Waals surface area contributed by atoms with Gasteiger partial charge in [0.1, 0.15) is 12.1 Å². The van der Waals surface area contributed by atoms with E-state index in [2.05, 4.69) is 22.4 Å². The Balaban J connectivity index is 1.52. The highest BCUT2D eigenvalue weighted by molar-refractivity contribution is 5.53. The van der Waals surface area contributed by atoms with Gasteiger partial charge in [-0.3, -0.25) is 5.32 Å². The lowest BCUT2D eigenvalue weighted by molar-refractivity contribution is 0.158. The fourth-order valence-electron chi connectivity index (χ4n) is 3.49. The summed E-state index contributed by atoms with van der Waals surface area (Å²) in [4.78, 5) is 4.43. The third-order valence-electron chi connectivity index (χ3n) is 4.86. The van der Waals surface area contributed by atoms with Crippen LogP contribution in [0.1, 0.15) is 23.2 Å². The van der Waals surface area contributed by atoms with E-state index in [1.807, 2.05) is 12.1 Å². The molecule has 25 heavy (non-hydrogen) atoms. The van der Waals surface area contributed by atoms with E-state index in [0.29, 0.717) is 18.0 Å². The van der Waals surface area contributed by atoms with Crippen molar-refractivity contribution in [2.75, 3.05) is 6.61 Å². The van der Waals surface area contributed by atoms with Gasteiger partial charge in [-0.05, 0) is 42.2 Å². The molecule has 1 aromatic heterocycles. The molecule has 0 saturated heterocycles. The Morgan fingerprint density at radius 1 is 1.20 bits per heavy atom. The first kappa shape index (κ1) is 16.0. The van der Waals surface area contributed by atoms with Crippen molar-refractivity contribution in [3.8, 4) is 11.5 Å². The zero-order chi connectivity index (χ0) is 17.3. The molecule has 1 heterocycles. The first-order valence-corrected chi connectivity index (χ1v) is 8.35. The van der Waals surface area contributed by atoms with E-state index >= 15 is 0 Å². The molecule has 0 spiro atoms. The maximum Gasteiger partial charge on any atom is 0.226 e. The van der Waals surface area contributed by atoms with E-state index in [9.17, 15) is 9.50 Å². The molecule has 0 bridgehead atoms. The summed E-state index contributed by atoms with van der Waals surface area (Å²) in [6.45, 7) is 0.492. The smallest absolute Gasteiger partial charge is 0.226 e. The topological polar surface area (TPSA) is 58.3 Å². The molecule has 5 heteroatoms. The number of nitrogens with one attached hydrogen (secondary N) is 1. The number of aromatic nitrogens is 1. The van der Waals surface area contributed by atoms with Gasteiger partial charge in [0.05, 0.1) is 17.8 Å². The summed E-state index contributed by atoms with van der Waals surface area (Å²) >= 11 is 0. The summed E-state index contributed by atoms with van der Waals surface area (Å²) in [7, 11) is 0. The molecule has 3 aromatic rings. The summed E-state index contributed by atoms with van der Waals surface area (Å²) in [6, 6.07) is 14.4. The van der Waals surface area contributed by atoms with Crippen LogP contribution in [0.4, 0.5) is 4.39 Å². The summed E-state index contributed by atoms with van der Waals surface area (Å²) in [5, 5.41) is 13.5. The summed E-state index contributed by atoms with van der Waals surface area (Å²) in [5.74, 6) is 0.0679. The summed E-state index contributed by atoms with van der Waals surface area (Å²) in [6.07, 6.45) is 3.35. The maximum absolute atomic E-state index is 13.3. The number of oxazole rings is 1. The Hall–Kier alpha value is -2.50. The van der Waals surface area contributed by atoms with Crippen LogP contribution in [0, 0.1) is 5.82 Å². The number of fused-ring (bicyclic) bond motifs is 1. The minimum atomic E-state index is -0.450. The van der Waals surface area contributed by atoms with Gasteiger partial charge in [0.25, 0.3) is 0 Å². The Morgan fingerprint density at radius 2 is 2.08 bits per heavy atom. The fourth-order valence-corrected chi connectivity index (χ4v) is 3.49. The lowest BCUT2D eigenvalue weighted by Gasteiger charge is -2.29. The Labute approximate surface area is 145 Å². The molecule has 0 fully saturated rings. The Morgan fingerprint density at radius 3 is 2.92 bits per heavy atom. The monoisotopic (exact) mass is 338 g/mol. The van der Waals surface area contributed by atoms with Crippen LogP contribution >= 0.6 is 0 Å². The van der Waals surface area contributed by atoms with Crippen LogP contribution in [-0.4, -0.2) is 16.7 Å². The van der Waals surface area contributed by atoms with Crippen LogP contribution in [0.5, 0.6) is 0 Å². The minimum Gasteiger partial charge on any atom is -0.444 e. The van der Waals surface area contributed by atoms with Crippen LogP contribution < -0.4 is 5.32 Å². The third-order valence-corrected chi connectivity index (χ3v) is 4.86. The van der Waals surface area contributed by atoms with Crippen LogP contribution in [-0.2, 0) is 18.5 Å². The molecule has 1 atom stereocenters. The molecule has 1 aliphatic rings. The molecule has 4 nitrogen and oxygen atoms in total. The van der Waals surface area contributed by atoms with Gasteiger partial charge in [0, 0.05) is 12.1 Å². The van der Waals surface area contributed by atoms with Gasteiger partial charge >= 0.3 is 0 Å². The van der Waals surface area contributed by atoms with Crippen molar-refractivity contribution < 1.29 is 13.9 Å². The fraction of sp³-hybridized carbons (Fsp3) is 0.250. The summed E-state index contributed by atoms with van der Waals surface area (Å²) in [5.41, 5.74) is 3.29. The van der Waals surface area contributed by atoms with Gasteiger partial charge < -0.3 is 9.52 Å². The highest BCUT2D eigenvalue weighted by Crippen LogP contribution is 2.36. The van der Waals surface area contributed by atoms with Gasteiger partial charge in [0.15, 0.2) is 0 Å². The number of hydrogen-bond donors (Lipinski definition) is 2. The highest BCUT2D eigenvalue weighted by Gasteiger charge is 2.37. The number of aryl methyl sites for hydroxylation is 1. The van der Waals surface area contributed by atoms with Crippen molar-refractivity contribution in [1.82, 2.24) is 10.3 Å². The average molecular weight is 338 g/mol. The number of aliphatic hydroxyl groups excluding tert-OH is 1. The SMILES string of the molecule is OCC1(NCc2coc(-c3cccc(F)c3)n2)CCc2ccccc21. The van der Waals surface area contributed by atoms with Gasteiger partial charge in [-0.1, -0.05) is 30.3 Å². The van der Waals surface area contributed by atoms with E-state index in [1.165, 1.54) is 17.7 Å². The first-order chi connectivity index (χ1) is 12.2. The van der Waals surface area contributed by atoms with Crippen molar-refractivity contribution in [3.63, 3.8) is 0 Å². The number of benzene rings is 2. The maximum atomic E-state index is 13.3. The molecule has 2 aromatic carbocycles. The molecule has 0 saturated carbocycles. The molecule has 128 valence electrons. The molecule has 4 rings (SSSR count). The van der Waals surface area contributed by atoms with E-state index < -0.39 is 5.54 Å². The van der Waals surface area contributed by atoms with Crippen LogP contribution in [0.15, 0.2) is 59.2 Å². The number of aliphatic hydroxyl groups is 1. The molecular formula is C20H19FN2O2. The predicted molar refractivity (Wildman–Crippen MR) is 92.3 cm³/mol. The molecule has 0 aliphatic heterocycles. The molecule has 2 N–H and O–H groups in total. The van der Waals surface area contributed by atoms with Gasteiger partial charge in [-0.15, -0.1) is 0 Å². The number of hydrogen-bond acceptors (Lipinski definition) is 4. The number of halogens is 1. The zero-order valence-corrected chi connectivity index (χ0v) is 13.7. The van der Waals surface area contributed by atoms with Crippen molar-refractivity contribution >= 4 is 0 Å². The molecular weight excluding hydrogens is 319 g/mol. The number of nitrogens with zero attached hydrogens (tertiary/aromatic N) is 1. The van der Waals surface area contributed by atoms with E-state index in [0.717, 1.165) is 24.1 Å². The van der Waals surface area contributed by atoms with E-state index in [-0.39, 0.29) is 12.4 Å². The standard InChI is InChI=1S/C20H19FN2O2/c21-16-6-3-5-15(10-16)19-23-17(12-25-19)11-22-20(13-24)9-8-14-4-1-2-7-18(14)20/h1-7,10,12,22,24H,8-9,11,13H2. The van der Waals surface area contributed by atoms with Crippen LogP contribution in [0.2, 0.25) is 0 Å². The lowest BCUT2D eigenvalue weighted by atomic mass is 9.92. The van der Waals surface area contributed by atoms with Gasteiger partial charge in [0.2, 0.25) is 5.89 Å². The van der Waals surface area contributed by atoms with Gasteiger partial charge in [-0.25, -0.2) is 9.37 Å². The lowest BCUT2D eigenvalue weighted by Crippen LogP contribution is -2.43.